The number of fused-ring (bicyclic) bond motifs is 2. The van der Waals surface area contributed by atoms with Gasteiger partial charge in [0.05, 0.1) is 22.8 Å². The highest BCUT2D eigenvalue weighted by atomic mass is 35.5. The van der Waals surface area contributed by atoms with Crippen molar-refractivity contribution in [2.45, 2.75) is 25.0 Å². The summed E-state index contributed by atoms with van der Waals surface area (Å²) in [6.45, 7) is -0.198. The molecule has 2 aliphatic rings. The number of halogens is 5. The van der Waals surface area contributed by atoms with Gasteiger partial charge in [0.15, 0.2) is 11.4 Å². The van der Waals surface area contributed by atoms with Crippen molar-refractivity contribution in [1.82, 2.24) is 14.7 Å². The zero-order valence-corrected chi connectivity index (χ0v) is 20.0. The molecule has 1 spiro atoms. The lowest BCUT2D eigenvalue weighted by atomic mass is 9.83. The Morgan fingerprint density at radius 1 is 1.22 bits per heavy atom. The number of benzene rings is 2. The van der Waals surface area contributed by atoms with Crippen molar-refractivity contribution < 1.29 is 27.5 Å². The molecule has 0 saturated carbocycles. The molecule has 0 bridgehead atoms. The molecule has 8 nitrogen and oxygen atoms in total. The van der Waals surface area contributed by atoms with E-state index in [4.69, 9.17) is 33.7 Å². The summed E-state index contributed by atoms with van der Waals surface area (Å²) >= 11 is 12.2. The van der Waals surface area contributed by atoms with Crippen LogP contribution < -0.4 is 11.1 Å². The summed E-state index contributed by atoms with van der Waals surface area (Å²) in [7, 11) is 0. The number of carbonyl (C=O) groups excluding carboxylic acids is 2. The Kier molecular flexibility index (Phi) is 6.00. The van der Waals surface area contributed by atoms with E-state index in [1.807, 2.05) is 0 Å². The number of piperidine rings is 1. The van der Waals surface area contributed by atoms with Gasteiger partial charge < -0.3 is 15.4 Å². The molecule has 2 aliphatic heterocycles. The molecule has 1 atom stereocenters. The van der Waals surface area contributed by atoms with E-state index in [0.29, 0.717) is 19.0 Å². The summed E-state index contributed by atoms with van der Waals surface area (Å²) < 4.78 is 49.3. The molecule has 3 N–H and O–H groups in total. The molecule has 1 fully saturated rings. The number of nitrogens with two attached hydrogens (primary N) is 1. The van der Waals surface area contributed by atoms with Crippen molar-refractivity contribution in [3.8, 4) is 11.3 Å². The van der Waals surface area contributed by atoms with Crippen molar-refractivity contribution in [2.75, 3.05) is 24.1 Å². The highest BCUT2D eigenvalue weighted by molar-refractivity contribution is 6.35. The molecule has 13 heteroatoms. The lowest BCUT2D eigenvalue weighted by Gasteiger charge is -2.45. The lowest BCUT2D eigenvalue weighted by Crippen LogP contribution is -2.54. The molecule has 1 saturated heterocycles. The van der Waals surface area contributed by atoms with Crippen LogP contribution in [0.3, 0.4) is 0 Å². The first-order valence-electron chi connectivity index (χ1n) is 10.8. The number of anilines is 2. The first-order valence-corrected chi connectivity index (χ1v) is 11.6. The maximum Gasteiger partial charge on any atom is 0.412 e. The van der Waals surface area contributed by atoms with E-state index in [0.717, 1.165) is 10.7 Å². The number of aromatic nitrogens is 2. The second-order valence-corrected chi connectivity index (χ2v) is 9.33. The van der Waals surface area contributed by atoms with Crippen LogP contribution in [0.4, 0.5) is 29.5 Å². The Hall–Kier alpha value is -3.44. The summed E-state index contributed by atoms with van der Waals surface area (Å²) in [5.41, 5.74) is 4.74. The van der Waals surface area contributed by atoms with Crippen LogP contribution in [0.2, 0.25) is 10.0 Å². The van der Waals surface area contributed by atoms with Gasteiger partial charge in [-0.05, 0) is 37.1 Å². The maximum atomic E-state index is 15.1. The molecular formula is C23H18Cl2F3N5O3. The van der Waals surface area contributed by atoms with E-state index < -0.39 is 35.1 Å². The van der Waals surface area contributed by atoms with Crippen LogP contribution in [0.25, 0.3) is 11.3 Å². The van der Waals surface area contributed by atoms with E-state index in [2.05, 4.69) is 10.4 Å². The highest BCUT2D eigenvalue weighted by Gasteiger charge is 2.48. The number of carbonyl (C=O) groups is 2. The van der Waals surface area contributed by atoms with Crippen molar-refractivity contribution in [2.24, 2.45) is 0 Å². The molecule has 3 heterocycles. The lowest BCUT2D eigenvalue weighted by molar-refractivity contribution is -0.140. The SMILES string of the molecule is Nc1c(Cl)c(-c2ccc(F)cc2F)nn1CC(=O)N1CCC[C@@]2(C1)OC(=O)Nc1ccc(Cl)c(F)c12. The fourth-order valence-corrected chi connectivity index (χ4v) is 5.04. The third-order valence-corrected chi connectivity index (χ3v) is 6.95. The zero-order valence-electron chi connectivity index (χ0n) is 18.5. The van der Waals surface area contributed by atoms with E-state index in [1.165, 1.54) is 23.1 Å². The van der Waals surface area contributed by atoms with Gasteiger partial charge in [-0.2, -0.15) is 5.10 Å². The molecule has 0 radical (unpaired) electrons. The van der Waals surface area contributed by atoms with Gasteiger partial charge in [0.1, 0.15) is 34.7 Å². The fourth-order valence-electron chi connectivity index (χ4n) is 4.64. The number of likely N-dealkylation sites (tertiary alicyclic amines) is 1. The second kappa shape index (κ2) is 8.90. The molecular weight excluding hydrogens is 522 g/mol. The number of hydrogen-bond donors (Lipinski definition) is 2. The molecule has 5 rings (SSSR count). The number of amides is 2. The summed E-state index contributed by atoms with van der Waals surface area (Å²) in [4.78, 5) is 26.9. The van der Waals surface area contributed by atoms with Crippen molar-refractivity contribution in [3.63, 3.8) is 0 Å². The molecule has 2 aromatic carbocycles. The van der Waals surface area contributed by atoms with Crippen molar-refractivity contribution in [1.29, 1.82) is 0 Å². The number of hydrogen-bond acceptors (Lipinski definition) is 5. The Labute approximate surface area is 212 Å². The largest absolute Gasteiger partial charge is 0.436 e. The molecule has 36 heavy (non-hydrogen) atoms. The molecule has 1 aromatic heterocycles. The number of nitrogens with zero attached hydrogens (tertiary/aromatic N) is 3. The Bertz CT molecular complexity index is 1420. The third-order valence-electron chi connectivity index (χ3n) is 6.29. The Morgan fingerprint density at radius 3 is 2.75 bits per heavy atom. The van der Waals surface area contributed by atoms with Crippen LogP contribution >= 0.6 is 23.2 Å². The van der Waals surface area contributed by atoms with Crippen LogP contribution in [-0.4, -0.2) is 39.8 Å². The van der Waals surface area contributed by atoms with Crippen LogP contribution in [0.5, 0.6) is 0 Å². The van der Waals surface area contributed by atoms with Gasteiger partial charge in [0.2, 0.25) is 5.91 Å². The summed E-state index contributed by atoms with van der Waals surface area (Å²) in [6, 6.07) is 5.70. The number of ether oxygens (including phenoxy) is 1. The zero-order chi connectivity index (χ0) is 25.8. The van der Waals surface area contributed by atoms with Crippen LogP contribution in [0.15, 0.2) is 30.3 Å². The predicted octanol–water partition coefficient (Wildman–Crippen LogP) is 4.94. The van der Waals surface area contributed by atoms with Gasteiger partial charge in [0, 0.05) is 18.2 Å². The highest BCUT2D eigenvalue weighted by Crippen LogP contribution is 2.45. The predicted molar refractivity (Wildman–Crippen MR) is 126 cm³/mol. The molecule has 2 amide bonds. The van der Waals surface area contributed by atoms with E-state index in [1.54, 1.807) is 0 Å². The van der Waals surface area contributed by atoms with Crippen LogP contribution in [0, 0.1) is 17.5 Å². The standard InChI is InChI=1S/C23H18Cl2F3N5O3/c24-13-4-5-15-17(19(13)28)23(36-22(35)30-15)6-1-7-32(10-23)16(34)9-33-21(29)18(25)20(31-33)12-3-2-11(26)8-14(12)27/h2-5,8H,1,6-7,9-10,29H2,(H,30,35)/t23-/m0/s1. The maximum absolute atomic E-state index is 15.1. The topological polar surface area (TPSA) is 102 Å². The first-order chi connectivity index (χ1) is 17.1. The van der Waals surface area contributed by atoms with Gasteiger partial charge in [0.25, 0.3) is 0 Å². The minimum atomic E-state index is -1.43. The van der Waals surface area contributed by atoms with Gasteiger partial charge >= 0.3 is 6.09 Å². The van der Waals surface area contributed by atoms with Crippen molar-refractivity contribution in [3.05, 3.63) is 63.4 Å². The first kappa shape index (κ1) is 24.3. The van der Waals surface area contributed by atoms with E-state index in [9.17, 15) is 18.4 Å². The van der Waals surface area contributed by atoms with Gasteiger partial charge in [-0.1, -0.05) is 23.2 Å². The van der Waals surface area contributed by atoms with Gasteiger partial charge in [-0.15, -0.1) is 0 Å². The van der Waals surface area contributed by atoms with Crippen LogP contribution in [-0.2, 0) is 21.7 Å². The van der Waals surface area contributed by atoms with Gasteiger partial charge in [-0.3, -0.25) is 10.1 Å². The minimum Gasteiger partial charge on any atom is -0.436 e. The number of nitrogen functional groups attached to an aromatic ring is 1. The second-order valence-electron chi connectivity index (χ2n) is 8.54. The van der Waals surface area contributed by atoms with E-state index in [-0.39, 0.29) is 57.9 Å². The average molecular weight is 540 g/mol. The number of rotatable bonds is 3. The van der Waals surface area contributed by atoms with Gasteiger partial charge in [-0.25, -0.2) is 22.6 Å². The van der Waals surface area contributed by atoms with E-state index >= 15 is 4.39 Å². The minimum absolute atomic E-state index is 0.0486. The summed E-state index contributed by atoms with van der Waals surface area (Å²) in [5, 5.41) is 6.38. The summed E-state index contributed by atoms with van der Waals surface area (Å²) in [6.07, 6.45) is -0.0862. The molecule has 0 unspecified atom stereocenters. The monoisotopic (exact) mass is 539 g/mol. The molecule has 0 aliphatic carbocycles. The molecule has 188 valence electrons. The fraction of sp³-hybridized carbons (Fsp3) is 0.261. The Morgan fingerprint density at radius 2 is 2.00 bits per heavy atom. The smallest absolute Gasteiger partial charge is 0.412 e. The normalized spacial score (nSPS) is 19.1. The quantitative estimate of drug-likeness (QED) is 0.491. The number of nitrogens with one attached hydrogen (secondary N) is 1. The van der Waals surface area contributed by atoms with Crippen LogP contribution in [0.1, 0.15) is 18.4 Å². The average Bonchev–Trinajstić information content (AvgIpc) is 3.09. The Balaban J connectivity index is 1.43. The third kappa shape index (κ3) is 4.01. The summed E-state index contributed by atoms with van der Waals surface area (Å²) in [5.74, 6) is -2.96. The molecule has 3 aromatic rings. The van der Waals surface area contributed by atoms with Crippen molar-refractivity contribution >= 4 is 46.7 Å².